The van der Waals surface area contributed by atoms with Crippen molar-refractivity contribution in [3.63, 3.8) is 0 Å². The molecule has 0 saturated heterocycles. The molecule has 0 heterocycles. The Morgan fingerprint density at radius 3 is 2.50 bits per heavy atom. The molecular formula is C13H20N2O3. The van der Waals surface area contributed by atoms with Crippen LogP contribution in [0.2, 0.25) is 0 Å². The first-order valence-electron chi connectivity index (χ1n) is 6.17. The molecule has 100 valence electrons. The number of nitrogens with one attached hydrogen (secondary N) is 1. The second kappa shape index (κ2) is 6.29. The van der Waals surface area contributed by atoms with Crippen LogP contribution in [-0.2, 0) is 4.79 Å². The minimum Gasteiger partial charge on any atom is -0.480 e. The summed E-state index contributed by atoms with van der Waals surface area (Å²) in [7, 11) is 0. The van der Waals surface area contributed by atoms with Gasteiger partial charge in [0, 0.05) is 6.54 Å². The van der Waals surface area contributed by atoms with Gasteiger partial charge >= 0.3 is 12.0 Å². The van der Waals surface area contributed by atoms with Crippen LogP contribution in [0.25, 0.3) is 0 Å². The van der Waals surface area contributed by atoms with Gasteiger partial charge in [-0.1, -0.05) is 19.8 Å². The van der Waals surface area contributed by atoms with Crippen molar-refractivity contribution in [1.29, 1.82) is 0 Å². The lowest BCUT2D eigenvalue weighted by molar-refractivity contribution is -0.140. The van der Waals surface area contributed by atoms with Crippen LogP contribution in [0.3, 0.4) is 0 Å². The summed E-state index contributed by atoms with van der Waals surface area (Å²) in [6.07, 6.45) is 7.45. The highest BCUT2D eigenvalue weighted by Crippen LogP contribution is 2.29. The lowest BCUT2D eigenvalue weighted by atomic mass is 10.1. The number of terminal acetylenes is 1. The number of aliphatic carboxylic acids is 1. The Kier molecular flexibility index (Phi) is 5.02. The summed E-state index contributed by atoms with van der Waals surface area (Å²) < 4.78 is 0. The molecule has 1 aliphatic rings. The van der Waals surface area contributed by atoms with Gasteiger partial charge in [0.15, 0.2) is 0 Å². The van der Waals surface area contributed by atoms with Gasteiger partial charge in [-0.05, 0) is 24.7 Å². The Morgan fingerprint density at radius 2 is 2.11 bits per heavy atom. The van der Waals surface area contributed by atoms with E-state index >= 15 is 0 Å². The average Bonchev–Trinajstić information content (AvgIpc) is 3.07. The Hall–Kier alpha value is -1.70. The highest BCUT2D eigenvalue weighted by atomic mass is 16.4. The summed E-state index contributed by atoms with van der Waals surface area (Å²) in [6, 6.07) is -1.27. The van der Waals surface area contributed by atoms with Crippen LogP contribution in [-0.4, -0.2) is 41.1 Å². The van der Waals surface area contributed by atoms with Gasteiger partial charge in [0.25, 0.3) is 0 Å². The van der Waals surface area contributed by atoms with Crippen LogP contribution in [0.1, 0.15) is 26.7 Å². The number of carbonyl (C=O) groups is 2. The summed E-state index contributed by atoms with van der Waals surface area (Å²) in [5.41, 5.74) is 0. The molecule has 1 saturated carbocycles. The summed E-state index contributed by atoms with van der Waals surface area (Å²) in [6.45, 7) is 4.34. The van der Waals surface area contributed by atoms with E-state index < -0.39 is 12.0 Å². The summed E-state index contributed by atoms with van der Waals surface area (Å²) in [4.78, 5) is 24.5. The Morgan fingerprint density at radius 1 is 1.50 bits per heavy atom. The second-order valence-corrected chi connectivity index (χ2v) is 5.04. The Labute approximate surface area is 108 Å². The number of carbonyl (C=O) groups excluding carboxylic acids is 1. The van der Waals surface area contributed by atoms with Crippen molar-refractivity contribution in [1.82, 2.24) is 10.2 Å². The van der Waals surface area contributed by atoms with Gasteiger partial charge in [-0.3, -0.25) is 0 Å². The Balaban J connectivity index is 2.58. The molecule has 1 unspecified atom stereocenters. The normalized spacial score (nSPS) is 15.9. The van der Waals surface area contributed by atoms with E-state index in [4.69, 9.17) is 11.5 Å². The number of amides is 2. The quantitative estimate of drug-likeness (QED) is 0.697. The van der Waals surface area contributed by atoms with Gasteiger partial charge in [-0.25, -0.2) is 9.59 Å². The van der Waals surface area contributed by atoms with Crippen LogP contribution in [0.15, 0.2) is 0 Å². The van der Waals surface area contributed by atoms with E-state index in [-0.39, 0.29) is 18.5 Å². The zero-order valence-corrected chi connectivity index (χ0v) is 10.8. The van der Waals surface area contributed by atoms with Crippen LogP contribution >= 0.6 is 0 Å². The monoisotopic (exact) mass is 252 g/mol. The molecule has 2 N–H and O–H groups in total. The zero-order valence-electron chi connectivity index (χ0n) is 10.8. The summed E-state index contributed by atoms with van der Waals surface area (Å²) >= 11 is 0. The van der Waals surface area contributed by atoms with Crippen molar-refractivity contribution in [2.45, 2.75) is 32.7 Å². The topological polar surface area (TPSA) is 69.6 Å². The van der Waals surface area contributed by atoms with E-state index in [1.807, 2.05) is 0 Å². The summed E-state index contributed by atoms with van der Waals surface area (Å²) in [5.74, 6) is 1.76. The lowest BCUT2D eigenvalue weighted by Gasteiger charge is -2.25. The first-order chi connectivity index (χ1) is 8.45. The Bertz CT molecular complexity index is 356. The third-order valence-electron chi connectivity index (χ3n) is 2.96. The molecule has 0 bridgehead atoms. The first kappa shape index (κ1) is 14.4. The predicted molar refractivity (Wildman–Crippen MR) is 67.9 cm³/mol. The molecule has 1 fully saturated rings. The fourth-order valence-corrected chi connectivity index (χ4v) is 1.68. The fraction of sp³-hybridized carbons (Fsp3) is 0.692. The molecule has 5 heteroatoms. The molecule has 1 aliphatic carbocycles. The SMILES string of the molecule is C#CCN(CC1CC1)C(=O)NC(C(=O)O)C(C)C. The van der Waals surface area contributed by atoms with Gasteiger partial charge in [0.05, 0.1) is 6.54 Å². The van der Waals surface area contributed by atoms with Crippen LogP contribution in [0, 0.1) is 24.2 Å². The van der Waals surface area contributed by atoms with Gasteiger partial charge in [-0.2, -0.15) is 0 Å². The minimum absolute atomic E-state index is 0.167. The number of carboxylic acids is 1. The maximum atomic E-state index is 12.0. The molecule has 0 radical (unpaired) electrons. The standard InChI is InChI=1S/C13H20N2O3/c1-4-7-15(8-10-5-6-10)13(18)14-11(9(2)3)12(16)17/h1,9-11H,5-8H2,2-3H3,(H,14,18)(H,16,17). The molecule has 0 spiro atoms. The number of carboxylic acid groups (broad SMARTS) is 1. The highest BCUT2D eigenvalue weighted by Gasteiger charge is 2.29. The van der Waals surface area contributed by atoms with E-state index in [0.717, 1.165) is 12.8 Å². The molecular weight excluding hydrogens is 232 g/mol. The number of urea groups is 1. The van der Waals surface area contributed by atoms with Crippen molar-refractivity contribution < 1.29 is 14.7 Å². The summed E-state index contributed by atoms with van der Waals surface area (Å²) in [5, 5.41) is 11.6. The number of nitrogens with zero attached hydrogens (tertiary/aromatic N) is 1. The molecule has 18 heavy (non-hydrogen) atoms. The molecule has 0 aromatic rings. The molecule has 5 nitrogen and oxygen atoms in total. The molecule has 1 atom stereocenters. The van der Waals surface area contributed by atoms with Crippen molar-refractivity contribution in [2.75, 3.05) is 13.1 Å². The highest BCUT2D eigenvalue weighted by molar-refractivity contribution is 5.82. The van der Waals surface area contributed by atoms with Gasteiger partial charge in [-0.15, -0.1) is 6.42 Å². The molecule has 0 aromatic heterocycles. The number of hydrogen-bond acceptors (Lipinski definition) is 2. The van der Waals surface area contributed by atoms with Crippen molar-refractivity contribution in [3.8, 4) is 12.3 Å². The van der Waals surface area contributed by atoms with Crippen LogP contribution < -0.4 is 5.32 Å². The van der Waals surface area contributed by atoms with Gasteiger partial charge in [0.2, 0.25) is 0 Å². The lowest BCUT2D eigenvalue weighted by Crippen LogP contribution is -2.50. The molecule has 0 aliphatic heterocycles. The largest absolute Gasteiger partial charge is 0.480 e. The van der Waals surface area contributed by atoms with Crippen molar-refractivity contribution in [2.24, 2.45) is 11.8 Å². The number of rotatable bonds is 6. The van der Waals surface area contributed by atoms with E-state index in [0.29, 0.717) is 12.5 Å². The molecule has 1 rings (SSSR count). The fourth-order valence-electron chi connectivity index (χ4n) is 1.68. The van der Waals surface area contributed by atoms with Gasteiger partial charge < -0.3 is 15.3 Å². The molecule has 2 amide bonds. The van der Waals surface area contributed by atoms with Crippen LogP contribution in [0.4, 0.5) is 4.79 Å². The van der Waals surface area contributed by atoms with Gasteiger partial charge in [0.1, 0.15) is 6.04 Å². The van der Waals surface area contributed by atoms with E-state index in [9.17, 15) is 9.59 Å². The molecule has 0 aromatic carbocycles. The van der Waals surface area contributed by atoms with Crippen molar-refractivity contribution >= 4 is 12.0 Å². The predicted octanol–water partition coefficient (Wildman–Crippen LogP) is 1.15. The second-order valence-electron chi connectivity index (χ2n) is 5.04. The van der Waals surface area contributed by atoms with E-state index in [1.54, 1.807) is 13.8 Å². The number of hydrogen-bond donors (Lipinski definition) is 2. The van der Waals surface area contributed by atoms with E-state index in [1.165, 1.54) is 4.90 Å². The first-order valence-corrected chi connectivity index (χ1v) is 6.17. The van der Waals surface area contributed by atoms with E-state index in [2.05, 4.69) is 11.2 Å². The maximum Gasteiger partial charge on any atom is 0.326 e. The maximum absolute atomic E-state index is 12.0. The van der Waals surface area contributed by atoms with Crippen molar-refractivity contribution in [3.05, 3.63) is 0 Å². The third-order valence-corrected chi connectivity index (χ3v) is 2.96. The van der Waals surface area contributed by atoms with Crippen LogP contribution in [0.5, 0.6) is 0 Å². The average molecular weight is 252 g/mol. The zero-order chi connectivity index (χ0) is 13.7. The third kappa shape index (κ3) is 4.28. The smallest absolute Gasteiger partial charge is 0.326 e. The minimum atomic E-state index is -1.02.